The van der Waals surface area contributed by atoms with E-state index in [4.69, 9.17) is 0 Å². The summed E-state index contributed by atoms with van der Waals surface area (Å²) in [4.78, 5) is 1.05. The first kappa shape index (κ1) is 11.7. The number of benzene rings is 2. The monoisotopic (exact) mass is 292 g/mol. The molecule has 0 bridgehead atoms. The molecule has 0 aliphatic carbocycles. The molecule has 0 aromatic heterocycles. The fourth-order valence-electron chi connectivity index (χ4n) is 1.71. The summed E-state index contributed by atoms with van der Waals surface area (Å²) in [5.74, 6) is 0. The highest BCUT2D eigenvalue weighted by Gasteiger charge is 1.99. The number of hydrogen-bond donors (Lipinski definition) is 1. The summed E-state index contributed by atoms with van der Waals surface area (Å²) in [6, 6.07) is 14.8. The molecule has 0 spiro atoms. The minimum Gasteiger partial charge on any atom is -0.143 e. The summed E-state index contributed by atoms with van der Waals surface area (Å²) in [5.41, 5.74) is 3.88. The molecule has 2 aromatic rings. The second-order valence-corrected chi connectivity index (χ2v) is 5.33. The van der Waals surface area contributed by atoms with Crippen molar-refractivity contribution in [1.29, 1.82) is 0 Å². The summed E-state index contributed by atoms with van der Waals surface area (Å²) < 4.78 is 1.13. The van der Waals surface area contributed by atoms with Crippen molar-refractivity contribution in [1.82, 2.24) is 0 Å². The molecule has 0 saturated carbocycles. The molecule has 2 aromatic carbocycles. The fourth-order valence-corrected chi connectivity index (χ4v) is 2.30. The van der Waals surface area contributed by atoms with Gasteiger partial charge in [-0.05, 0) is 48.2 Å². The van der Waals surface area contributed by atoms with Crippen LogP contribution in [0.1, 0.15) is 16.7 Å². The third-order valence-corrected chi connectivity index (χ3v) is 3.55. The van der Waals surface area contributed by atoms with Crippen molar-refractivity contribution in [3.63, 3.8) is 0 Å². The lowest BCUT2D eigenvalue weighted by Gasteiger charge is -2.05. The van der Waals surface area contributed by atoms with Crippen LogP contribution in [0.5, 0.6) is 0 Å². The van der Waals surface area contributed by atoms with E-state index in [-0.39, 0.29) is 0 Å². The van der Waals surface area contributed by atoms with Crippen LogP contribution in [0.4, 0.5) is 0 Å². The van der Waals surface area contributed by atoms with E-state index in [9.17, 15) is 0 Å². The zero-order valence-electron chi connectivity index (χ0n) is 9.07. The molecule has 2 rings (SSSR count). The molecule has 0 amide bonds. The number of thiol groups is 1. The normalized spacial score (nSPS) is 10.4. The Morgan fingerprint density at radius 1 is 1.06 bits per heavy atom. The standard InChI is InChI=1S/C14H13BrS/c1-10-7-12(5-6-14(10)16)8-11-3-2-4-13(15)9-11/h2-7,9,16H,8H2,1H3. The average molecular weight is 293 g/mol. The molecule has 0 nitrogen and oxygen atoms in total. The Morgan fingerprint density at radius 2 is 1.81 bits per heavy atom. The van der Waals surface area contributed by atoms with Crippen LogP contribution in [-0.4, -0.2) is 0 Å². The van der Waals surface area contributed by atoms with Crippen LogP contribution < -0.4 is 0 Å². The van der Waals surface area contributed by atoms with Gasteiger partial charge in [0.2, 0.25) is 0 Å². The van der Waals surface area contributed by atoms with Crippen molar-refractivity contribution in [3.05, 3.63) is 63.6 Å². The highest BCUT2D eigenvalue weighted by Crippen LogP contribution is 2.19. The second-order valence-electron chi connectivity index (χ2n) is 3.93. The van der Waals surface area contributed by atoms with Crippen LogP contribution in [-0.2, 0) is 6.42 Å². The summed E-state index contributed by atoms with van der Waals surface area (Å²) in [6.07, 6.45) is 0.967. The van der Waals surface area contributed by atoms with Gasteiger partial charge in [-0.15, -0.1) is 12.6 Å². The molecule has 82 valence electrons. The van der Waals surface area contributed by atoms with Gasteiger partial charge < -0.3 is 0 Å². The Bertz CT molecular complexity index is 506. The van der Waals surface area contributed by atoms with Crippen molar-refractivity contribution in [3.8, 4) is 0 Å². The van der Waals surface area contributed by atoms with Gasteiger partial charge in [-0.1, -0.05) is 40.2 Å². The first-order valence-corrected chi connectivity index (χ1v) is 6.42. The molecule has 0 N–H and O–H groups in total. The number of aryl methyl sites for hydroxylation is 1. The van der Waals surface area contributed by atoms with Gasteiger partial charge >= 0.3 is 0 Å². The average Bonchev–Trinajstić information content (AvgIpc) is 2.24. The van der Waals surface area contributed by atoms with E-state index in [2.05, 4.69) is 71.9 Å². The van der Waals surface area contributed by atoms with Crippen molar-refractivity contribution in [2.75, 3.05) is 0 Å². The fraction of sp³-hybridized carbons (Fsp3) is 0.143. The minimum atomic E-state index is 0.967. The van der Waals surface area contributed by atoms with E-state index in [1.165, 1.54) is 16.7 Å². The molecule has 0 radical (unpaired) electrons. The van der Waals surface area contributed by atoms with Gasteiger partial charge in [0.25, 0.3) is 0 Å². The SMILES string of the molecule is Cc1cc(Cc2cccc(Br)c2)ccc1S. The highest BCUT2D eigenvalue weighted by atomic mass is 79.9. The van der Waals surface area contributed by atoms with Crippen LogP contribution in [0.25, 0.3) is 0 Å². The Morgan fingerprint density at radius 3 is 2.50 bits per heavy atom. The van der Waals surface area contributed by atoms with Gasteiger partial charge in [0, 0.05) is 9.37 Å². The maximum Gasteiger partial charge on any atom is 0.0178 e. The molecule has 2 heteroatoms. The lowest BCUT2D eigenvalue weighted by atomic mass is 10.0. The predicted octanol–water partition coefficient (Wildman–Crippen LogP) is 4.64. The highest BCUT2D eigenvalue weighted by molar-refractivity contribution is 9.10. The van der Waals surface area contributed by atoms with Gasteiger partial charge in [0.1, 0.15) is 0 Å². The smallest absolute Gasteiger partial charge is 0.0178 e. The molecule has 0 aliphatic heterocycles. The molecular formula is C14H13BrS. The molecule has 0 aliphatic rings. The summed E-state index contributed by atoms with van der Waals surface area (Å²) >= 11 is 7.87. The quantitative estimate of drug-likeness (QED) is 0.766. The van der Waals surface area contributed by atoms with E-state index >= 15 is 0 Å². The summed E-state index contributed by atoms with van der Waals surface area (Å²) in [6.45, 7) is 2.09. The Balaban J connectivity index is 2.24. The molecule has 0 saturated heterocycles. The van der Waals surface area contributed by atoms with E-state index < -0.39 is 0 Å². The molecule has 0 unspecified atom stereocenters. The number of rotatable bonds is 2. The van der Waals surface area contributed by atoms with Crippen LogP contribution in [0.2, 0.25) is 0 Å². The van der Waals surface area contributed by atoms with Crippen molar-refractivity contribution >= 4 is 28.6 Å². The van der Waals surface area contributed by atoms with Gasteiger partial charge in [-0.25, -0.2) is 0 Å². The van der Waals surface area contributed by atoms with E-state index in [1.54, 1.807) is 0 Å². The lowest BCUT2D eigenvalue weighted by molar-refractivity contribution is 1.15. The van der Waals surface area contributed by atoms with E-state index in [0.29, 0.717) is 0 Å². The van der Waals surface area contributed by atoms with Crippen molar-refractivity contribution in [2.24, 2.45) is 0 Å². The zero-order valence-corrected chi connectivity index (χ0v) is 11.6. The topological polar surface area (TPSA) is 0 Å². The van der Waals surface area contributed by atoms with Gasteiger partial charge in [0.15, 0.2) is 0 Å². The van der Waals surface area contributed by atoms with Crippen LogP contribution in [0, 0.1) is 6.92 Å². The van der Waals surface area contributed by atoms with Crippen molar-refractivity contribution in [2.45, 2.75) is 18.2 Å². The third-order valence-electron chi connectivity index (χ3n) is 2.56. The summed E-state index contributed by atoms with van der Waals surface area (Å²) in [5, 5.41) is 0. The molecule has 0 heterocycles. The van der Waals surface area contributed by atoms with Crippen LogP contribution in [0.15, 0.2) is 51.8 Å². The van der Waals surface area contributed by atoms with Crippen LogP contribution >= 0.6 is 28.6 Å². The Labute approximate surface area is 110 Å². The van der Waals surface area contributed by atoms with E-state index in [1.807, 2.05) is 6.07 Å². The van der Waals surface area contributed by atoms with Gasteiger partial charge in [-0.3, -0.25) is 0 Å². The molecular weight excluding hydrogens is 280 g/mol. The van der Waals surface area contributed by atoms with Gasteiger partial charge in [0.05, 0.1) is 0 Å². The van der Waals surface area contributed by atoms with Crippen molar-refractivity contribution < 1.29 is 0 Å². The molecule has 16 heavy (non-hydrogen) atoms. The maximum atomic E-state index is 4.38. The first-order valence-electron chi connectivity index (χ1n) is 5.18. The largest absolute Gasteiger partial charge is 0.143 e. The second kappa shape index (κ2) is 5.07. The van der Waals surface area contributed by atoms with Crippen LogP contribution in [0.3, 0.4) is 0 Å². The maximum absolute atomic E-state index is 4.38. The lowest BCUT2D eigenvalue weighted by Crippen LogP contribution is -1.89. The first-order chi connectivity index (χ1) is 7.65. The van der Waals surface area contributed by atoms with E-state index in [0.717, 1.165) is 15.8 Å². The Kier molecular flexibility index (Phi) is 3.72. The number of hydrogen-bond acceptors (Lipinski definition) is 1. The number of halogens is 1. The van der Waals surface area contributed by atoms with Gasteiger partial charge in [-0.2, -0.15) is 0 Å². The summed E-state index contributed by atoms with van der Waals surface area (Å²) in [7, 11) is 0. The Hall–Kier alpha value is -0.730. The molecule has 0 fully saturated rings. The third kappa shape index (κ3) is 2.89. The minimum absolute atomic E-state index is 0.967. The predicted molar refractivity (Wildman–Crippen MR) is 75.4 cm³/mol. The zero-order chi connectivity index (χ0) is 11.5. The molecule has 0 atom stereocenters.